The normalized spacial score (nSPS) is 22.7. The van der Waals surface area contributed by atoms with Crippen molar-refractivity contribution in [3.05, 3.63) is 101 Å². The predicted molar refractivity (Wildman–Crippen MR) is 292 cm³/mol. The molecule has 416 valence electrons. The number of ether oxygens (including phenoxy) is 1. The van der Waals surface area contributed by atoms with Crippen LogP contribution < -0.4 is 24.8 Å². The predicted octanol–water partition coefficient (Wildman–Crippen LogP) is 5.85. The smallest absolute Gasteiger partial charge is 0.471 e. The molecule has 5 aliphatic heterocycles. The van der Waals surface area contributed by atoms with E-state index in [-0.39, 0.29) is 47.4 Å². The second-order valence-corrected chi connectivity index (χ2v) is 24.2. The van der Waals surface area contributed by atoms with E-state index in [1.165, 1.54) is 11.3 Å². The largest absolute Gasteiger partial charge is 0.480 e. The number of piperazine rings is 1. The lowest BCUT2D eigenvalue weighted by atomic mass is 9.89. The lowest BCUT2D eigenvalue weighted by molar-refractivity contribution is -0.155. The maximum Gasteiger partial charge on any atom is 0.471 e. The molecule has 6 aliphatic rings. The van der Waals surface area contributed by atoms with Crippen molar-refractivity contribution in [2.75, 3.05) is 66.6 Å². The van der Waals surface area contributed by atoms with E-state index in [0.717, 1.165) is 61.6 Å². The van der Waals surface area contributed by atoms with Gasteiger partial charge < -0.3 is 39.3 Å². The van der Waals surface area contributed by atoms with Crippen LogP contribution in [0.2, 0.25) is 0 Å². The van der Waals surface area contributed by atoms with E-state index in [0.29, 0.717) is 76.2 Å². The van der Waals surface area contributed by atoms with Gasteiger partial charge in [0.15, 0.2) is 0 Å². The molecule has 4 atom stereocenters. The summed E-state index contributed by atoms with van der Waals surface area (Å²) in [4.78, 5) is 110. The zero-order valence-corrected chi connectivity index (χ0v) is 46.3. The third-order valence-electron chi connectivity index (χ3n) is 16.5. The first-order valence-corrected chi connectivity index (χ1v) is 28.4. The van der Waals surface area contributed by atoms with Gasteiger partial charge in [0.05, 0.1) is 35.7 Å². The van der Waals surface area contributed by atoms with Crippen molar-refractivity contribution in [2.24, 2.45) is 5.41 Å². The number of carbonyl (C=O) groups excluding carboxylic acids is 5. The second kappa shape index (κ2) is 20.2. The number of benzene rings is 1. The van der Waals surface area contributed by atoms with Crippen LogP contribution >= 0.6 is 7.82 Å². The average Bonchev–Trinajstić information content (AvgIpc) is 4.17. The zero-order chi connectivity index (χ0) is 56.0. The summed E-state index contributed by atoms with van der Waals surface area (Å²) in [6.07, 6.45) is 8.49. The van der Waals surface area contributed by atoms with Crippen LogP contribution in [0.4, 0.5) is 28.7 Å². The Morgan fingerprint density at radius 3 is 2.28 bits per heavy atom. The molecule has 0 spiro atoms. The highest BCUT2D eigenvalue weighted by atomic mass is 31.2. The molecule has 3 saturated heterocycles. The van der Waals surface area contributed by atoms with Gasteiger partial charge in [-0.2, -0.15) is 0 Å². The van der Waals surface area contributed by atoms with E-state index in [2.05, 4.69) is 67.9 Å². The lowest BCUT2D eigenvalue weighted by Crippen LogP contribution is -2.58. The van der Waals surface area contributed by atoms with Gasteiger partial charge in [-0.25, -0.2) is 19.5 Å². The number of fused-ring (bicyclic) bond motifs is 4. The summed E-state index contributed by atoms with van der Waals surface area (Å²) in [5.41, 5.74) is 6.41. The molecule has 11 rings (SSSR count). The number of aromatic nitrogens is 4. The number of piperidine rings is 2. The maximum absolute atomic E-state index is 14.2. The maximum atomic E-state index is 14.2. The number of pyridine rings is 3. The number of hydrogen-bond donors (Lipinski definition) is 4. The molecule has 3 fully saturated rings. The Morgan fingerprint density at radius 1 is 0.810 bits per heavy atom. The van der Waals surface area contributed by atoms with Gasteiger partial charge in [-0.05, 0) is 125 Å². The molecule has 1 aromatic carbocycles. The first kappa shape index (κ1) is 53.9. The van der Waals surface area contributed by atoms with Gasteiger partial charge in [-0.15, -0.1) is 0 Å². The number of aliphatic hydroxyl groups is 1. The van der Waals surface area contributed by atoms with Crippen molar-refractivity contribution in [3.63, 3.8) is 0 Å². The highest BCUT2D eigenvalue weighted by Crippen LogP contribution is 2.44. The van der Waals surface area contributed by atoms with Crippen LogP contribution in [0, 0.1) is 5.41 Å². The van der Waals surface area contributed by atoms with E-state index in [9.17, 15) is 33.6 Å². The Morgan fingerprint density at radius 2 is 1.57 bits per heavy atom. The number of hydrogen-bond acceptors (Lipinski definition) is 16. The van der Waals surface area contributed by atoms with Crippen molar-refractivity contribution in [1.29, 1.82) is 0 Å². The van der Waals surface area contributed by atoms with Gasteiger partial charge in [0, 0.05) is 98.7 Å². The summed E-state index contributed by atoms with van der Waals surface area (Å²) in [5, 5.41) is 15.2. The van der Waals surface area contributed by atoms with Crippen LogP contribution in [0.3, 0.4) is 0 Å². The number of nitrogens with zero attached hydrogens (tertiary/aromatic N) is 10. The molecule has 1 aliphatic carbocycles. The van der Waals surface area contributed by atoms with Crippen molar-refractivity contribution in [3.8, 4) is 17.0 Å². The summed E-state index contributed by atoms with van der Waals surface area (Å²) in [6.45, 7) is 15.5. The number of nitrogens with one attached hydrogen (secondary N) is 1. The fourth-order valence-electron chi connectivity index (χ4n) is 12.8. The summed E-state index contributed by atoms with van der Waals surface area (Å²) >= 11 is 0. The molecular weight excluding hydrogens is 1030 g/mol. The molecule has 0 radical (unpaired) electrons. The Hall–Kier alpha value is -7.07. The van der Waals surface area contributed by atoms with Gasteiger partial charge >= 0.3 is 7.82 Å². The standard InChI is InChI=1S/C56H66N11O11P/c1-32-22-36(15-17-62(32)37-8-10-40-41(25-37)52(70)67(51(40)69)43-11-13-47(68)66(53(43)71)31-78-79(74,75)76)61-18-19-63(33(2)30-61)38-9-12-46(58-29-38)60-42-23-35(28-59-50(42)77-7)39-14-16-57-49(48(39)56(5,6)73)65-21-20-64-44(54(65)72)24-34-26-55(3,4)27-45(34)64/h8-10,12,14,16,23-25,28-29,32-33,36,43,73H,11,13,15,17-22,26-27,30-31H2,1-7H3,(H,58,60)(H2,74,75,76)/t32-,33-,36?,43-/m0/s1. The van der Waals surface area contributed by atoms with Crippen molar-refractivity contribution in [2.45, 2.75) is 116 Å². The van der Waals surface area contributed by atoms with Gasteiger partial charge in [-0.3, -0.25) is 48.1 Å². The van der Waals surface area contributed by atoms with E-state index < -0.39 is 49.8 Å². The lowest BCUT2D eigenvalue weighted by Gasteiger charge is -2.48. The van der Waals surface area contributed by atoms with Crippen LogP contribution in [0.5, 0.6) is 5.88 Å². The molecular formula is C56H66N11O11P. The molecule has 23 heteroatoms. The minimum Gasteiger partial charge on any atom is -0.480 e. The minimum atomic E-state index is -5.01. The highest BCUT2D eigenvalue weighted by molar-refractivity contribution is 7.46. The van der Waals surface area contributed by atoms with Crippen molar-refractivity contribution in [1.82, 2.24) is 34.2 Å². The van der Waals surface area contributed by atoms with Gasteiger partial charge in [0.2, 0.25) is 11.8 Å². The molecule has 79 heavy (non-hydrogen) atoms. The molecule has 1 unspecified atom stereocenters. The quantitative estimate of drug-likeness (QED) is 0.0796. The van der Waals surface area contributed by atoms with Crippen LogP contribution in [-0.4, -0.2) is 149 Å². The highest BCUT2D eigenvalue weighted by Gasteiger charge is 2.48. The van der Waals surface area contributed by atoms with E-state index in [1.54, 1.807) is 50.4 Å². The fourth-order valence-corrected chi connectivity index (χ4v) is 13.1. The number of rotatable bonds is 13. The number of methoxy groups -OCH3 is 1. The molecule has 4 aromatic heterocycles. The number of phosphoric ester groups is 1. The number of amides is 5. The number of imide groups is 2. The molecule has 5 amide bonds. The van der Waals surface area contributed by atoms with Crippen LogP contribution in [0.25, 0.3) is 11.1 Å². The zero-order valence-electron chi connectivity index (χ0n) is 45.4. The monoisotopic (exact) mass is 1100 g/mol. The minimum absolute atomic E-state index is 0.0970. The Bertz CT molecular complexity index is 3350. The first-order chi connectivity index (χ1) is 37.5. The Labute approximate surface area is 457 Å². The van der Waals surface area contributed by atoms with Crippen molar-refractivity contribution < 1.29 is 52.7 Å². The number of anilines is 5. The average molecular weight is 1100 g/mol. The third-order valence-corrected chi connectivity index (χ3v) is 17.0. The van der Waals surface area contributed by atoms with E-state index in [4.69, 9.17) is 24.5 Å². The van der Waals surface area contributed by atoms with Crippen LogP contribution in [0.15, 0.2) is 67.1 Å². The fraction of sp³-hybridized carbons (Fsp3) is 0.464. The summed E-state index contributed by atoms with van der Waals surface area (Å²) < 4.78 is 23.6. The first-order valence-electron chi connectivity index (χ1n) is 26.8. The van der Waals surface area contributed by atoms with Crippen molar-refractivity contribution >= 4 is 66.1 Å². The summed E-state index contributed by atoms with van der Waals surface area (Å²) in [7, 11) is -3.46. The topological polar surface area (TPSA) is 257 Å². The third kappa shape index (κ3) is 10.1. The summed E-state index contributed by atoms with van der Waals surface area (Å²) in [6, 6.07) is 14.1. The Balaban J connectivity index is 0.724. The molecule has 5 aromatic rings. The van der Waals surface area contributed by atoms with Gasteiger partial charge in [0.1, 0.15) is 35.8 Å². The van der Waals surface area contributed by atoms with E-state index in [1.807, 2.05) is 36.5 Å². The van der Waals surface area contributed by atoms with Crippen LogP contribution in [-0.2, 0) is 43.7 Å². The molecule has 9 heterocycles. The molecule has 0 saturated carbocycles. The van der Waals surface area contributed by atoms with E-state index >= 15 is 0 Å². The van der Waals surface area contributed by atoms with Gasteiger partial charge in [0.25, 0.3) is 23.6 Å². The molecule has 22 nitrogen and oxygen atoms in total. The molecule has 4 N–H and O–H groups in total. The number of likely N-dealkylation sites (tertiary alicyclic amines) is 1. The van der Waals surface area contributed by atoms with Crippen LogP contribution in [0.1, 0.15) is 115 Å². The molecule has 0 bridgehead atoms. The number of phosphoric acid groups is 1. The SMILES string of the molecule is COc1ncc(-c2ccnc(N3CCn4c(cc5c4CC(C)(C)C5)C3=O)c2C(C)(C)O)cc1Nc1ccc(N2CCN(C3CCN(c4ccc5c(c4)C(=O)N([C@H]4CCC(=O)N(COP(=O)(O)O)C4=O)C5=O)[C@@H](C)C3)C[C@@H]2C)cn1. The number of carbonyl (C=O) groups is 5. The van der Waals surface area contributed by atoms with Gasteiger partial charge in [-0.1, -0.05) is 13.8 Å². The Kier molecular flexibility index (Phi) is 13.8. The summed E-state index contributed by atoms with van der Waals surface area (Å²) in [5.74, 6) is -1.80. The second-order valence-electron chi connectivity index (χ2n) is 23.0.